The van der Waals surface area contributed by atoms with Gasteiger partial charge < -0.3 is 26.6 Å². The van der Waals surface area contributed by atoms with Gasteiger partial charge in [0.15, 0.2) is 0 Å². The number of hydrogen-bond acceptors (Lipinski definition) is 6. The van der Waals surface area contributed by atoms with Crippen LogP contribution in [0.3, 0.4) is 0 Å². The van der Waals surface area contributed by atoms with E-state index in [0.29, 0.717) is 11.4 Å². The molecule has 7 nitrogen and oxygen atoms in total. The summed E-state index contributed by atoms with van der Waals surface area (Å²) in [6, 6.07) is 13.0. The van der Waals surface area contributed by atoms with Gasteiger partial charge in [-0.15, -0.1) is 11.3 Å². The largest absolute Gasteiger partial charge is 0.480 e. The Kier molecular flexibility index (Phi) is 5.51. The monoisotopic (exact) mass is 491 g/mol. The highest BCUT2D eigenvalue weighted by Crippen LogP contribution is 2.60. The van der Waals surface area contributed by atoms with Crippen molar-refractivity contribution >= 4 is 34.6 Å². The van der Waals surface area contributed by atoms with Gasteiger partial charge in [-0.2, -0.15) is 0 Å². The van der Waals surface area contributed by atoms with Crippen molar-refractivity contribution in [2.75, 3.05) is 11.1 Å². The van der Waals surface area contributed by atoms with E-state index in [1.807, 2.05) is 30.3 Å². The van der Waals surface area contributed by atoms with Gasteiger partial charge in [-0.3, -0.25) is 9.59 Å². The van der Waals surface area contributed by atoms with Crippen LogP contribution in [0.25, 0.3) is 0 Å². The summed E-state index contributed by atoms with van der Waals surface area (Å²) < 4.78 is 6.81. The smallest absolute Gasteiger partial charge is 0.320 e. The summed E-state index contributed by atoms with van der Waals surface area (Å²) in [4.78, 5) is 24.7. The third kappa shape index (κ3) is 3.55. The van der Waals surface area contributed by atoms with Gasteiger partial charge >= 0.3 is 5.97 Å². The van der Waals surface area contributed by atoms with Gasteiger partial charge in [0.05, 0.1) is 6.10 Å². The third-order valence-corrected chi connectivity index (χ3v) is 8.33. The van der Waals surface area contributed by atoms with Crippen LogP contribution in [0.1, 0.15) is 72.4 Å². The molecule has 35 heavy (non-hydrogen) atoms. The summed E-state index contributed by atoms with van der Waals surface area (Å²) >= 11 is 1.70. The van der Waals surface area contributed by atoms with Crippen molar-refractivity contribution in [1.29, 1.82) is 0 Å². The number of hydrogen-bond donors (Lipinski definition) is 4. The molecule has 2 heterocycles. The molecular weight excluding hydrogens is 462 g/mol. The van der Waals surface area contributed by atoms with Gasteiger partial charge in [0.1, 0.15) is 11.6 Å². The molecule has 2 unspecified atom stereocenters. The van der Waals surface area contributed by atoms with Crippen molar-refractivity contribution in [2.45, 2.75) is 56.8 Å². The fourth-order valence-corrected chi connectivity index (χ4v) is 6.41. The lowest BCUT2D eigenvalue weighted by molar-refractivity contribution is -0.138. The maximum atomic E-state index is 12.5. The number of carbonyl (C=O) groups excluding carboxylic acids is 1. The lowest BCUT2D eigenvalue weighted by Gasteiger charge is -2.45. The number of carboxylic acid groups (broad SMARTS) is 1. The first-order chi connectivity index (χ1) is 16.6. The van der Waals surface area contributed by atoms with Crippen LogP contribution < -0.4 is 16.8 Å². The summed E-state index contributed by atoms with van der Waals surface area (Å²) in [6.45, 7) is 6.39. The van der Waals surface area contributed by atoms with E-state index < -0.39 is 23.0 Å². The number of aliphatic carboxylic acids is 1. The van der Waals surface area contributed by atoms with Gasteiger partial charge in [-0.1, -0.05) is 26.0 Å². The molecule has 1 amide bonds. The van der Waals surface area contributed by atoms with Crippen LogP contribution >= 0.6 is 11.3 Å². The van der Waals surface area contributed by atoms with Crippen LogP contribution in [-0.4, -0.2) is 23.0 Å². The zero-order chi connectivity index (χ0) is 25.1. The second kappa shape index (κ2) is 8.19. The summed E-state index contributed by atoms with van der Waals surface area (Å²) in [5.74, 6) is -1.39. The second-order valence-corrected chi connectivity index (χ2v) is 10.8. The Balaban J connectivity index is 1.60. The van der Waals surface area contributed by atoms with E-state index in [0.717, 1.165) is 27.8 Å². The van der Waals surface area contributed by atoms with E-state index in [1.54, 1.807) is 11.3 Å². The fraction of sp³-hybridized carbons (Fsp3) is 0.333. The van der Waals surface area contributed by atoms with Crippen LogP contribution in [-0.2, 0) is 25.3 Å². The maximum Gasteiger partial charge on any atom is 0.320 e. The van der Waals surface area contributed by atoms with Gasteiger partial charge in [-0.05, 0) is 71.3 Å². The molecule has 3 atom stereocenters. The molecule has 182 valence electrons. The zero-order valence-electron chi connectivity index (χ0n) is 19.9. The molecule has 0 saturated carbocycles. The predicted molar refractivity (Wildman–Crippen MR) is 137 cm³/mol. The Bertz CT molecular complexity index is 1350. The van der Waals surface area contributed by atoms with Crippen LogP contribution in [0.15, 0.2) is 47.8 Å². The number of ether oxygens (including phenoxy) is 1. The van der Waals surface area contributed by atoms with Gasteiger partial charge in [0.2, 0.25) is 5.91 Å². The minimum atomic E-state index is -1.12. The molecule has 0 fully saturated rings. The zero-order valence-corrected chi connectivity index (χ0v) is 20.7. The van der Waals surface area contributed by atoms with E-state index in [1.165, 1.54) is 4.88 Å². The SMILES string of the molecule is CC1OC2(c3ccc(N)cc3C(C)(C)c3cc(NC(=O)CC[C@H](N)C(=O)O)ccc32)c2ccsc21. The molecular formula is C27H29N3O4S. The Morgan fingerprint density at radius 2 is 1.77 bits per heavy atom. The van der Waals surface area contributed by atoms with Crippen LogP contribution in [0.4, 0.5) is 11.4 Å². The lowest BCUT2D eigenvalue weighted by Crippen LogP contribution is -2.41. The summed E-state index contributed by atoms with van der Waals surface area (Å²) in [6.07, 6.45) is 0.0400. The number of carboxylic acids is 1. The number of benzene rings is 2. The number of thiophene rings is 1. The minimum Gasteiger partial charge on any atom is -0.480 e. The van der Waals surface area contributed by atoms with E-state index in [-0.39, 0.29) is 24.9 Å². The van der Waals surface area contributed by atoms with Crippen molar-refractivity contribution in [3.63, 3.8) is 0 Å². The third-order valence-electron chi connectivity index (χ3n) is 7.25. The predicted octanol–water partition coefficient (Wildman–Crippen LogP) is 4.48. The van der Waals surface area contributed by atoms with Crippen LogP contribution in [0.5, 0.6) is 0 Å². The molecule has 2 aliphatic rings. The Morgan fingerprint density at radius 1 is 1.09 bits per heavy atom. The standard InChI is InChI=1S/C27H29N3O4S/c1-14-24-19(10-11-35-24)27(34-14)17-6-4-15(28)12-20(17)26(2,3)21-13-16(5-7-18(21)27)30-23(31)9-8-22(29)25(32)33/h4-7,10-14,22H,8-9,28-29H2,1-3H3,(H,30,31)(H,32,33)/t14?,22-,27?/m0/s1. The highest BCUT2D eigenvalue weighted by atomic mass is 32.1. The van der Waals surface area contributed by atoms with Crippen molar-refractivity contribution in [3.8, 4) is 0 Å². The Morgan fingerprint density at radius 3 is 2.49 bits per heavy atom. The molecule has 0 radical (unpaired) electrons. The number of rotatable bonds is 5. The molecule has 1 aromatic heterocycles. The maximum absolute atomic E-state index is 12.5. The number of nitrogens with two attached hydrogens (primary N) is 2. The van der Waals surface area contributed by atoms with Crippen molar-refractivity contribution in [1.82, 2.24) is 0 Å². The average Bonchev–Trinajstić information content (AvgIpc) is 3.40. The van der Waals surface area contributed by atoms with Crippen LogP contribution in [0, 0.1) is 0 Å². The molecule has 6 N–H and O–H groups in total. The Labute approximate surface area is 208 Å². The van der Waals surface area contributed by atoms with E-state index in [2.05, 4.69) is 43.6 Å². The first-order valence-electron chi connectivity index (χ1n) is 11.6. The first kappa shape index (κ1) is 23.5. The molecule has 8 heteroatoms. The second-order valence-electron chi connectivity index (χ2n) is 9.86. The van der Waals surface area contributed by atoms with Crippen molar-refractivity contribution in [3.05, 3.63) is 80.5 Å². The minimum absolute atomic E-state index is 0.0239. The highest BCUT2D eigenvalue weighted by molar-refractivity contribution is 7.10. The topological polar surface area (TPSA) is 128 Å². The van der Waals surface area contributed by atoms with E-state index in [4.69, 9.17) is 21.3 Å². The molecule has 2 aromatic carbocycles. The van der Waals surface area contributed by atoms with E-state index >= 15 is 0 Å². The van der Waals surface area contributed by atoms with Crippen molar-refractivity contribution < 1.29 is 19.4 Å². The highest BCUT2D eigenvalue weighted by Gasteiger charge is 2.54. The summed E-state index contributed by atoms with van der Waals surface area (Å²) in [5, 5.41) is 14.0. The molecule has 0 saturated heterocycles. The summed E-state index contributed by atoms with van der Waals surface area (Å²) in [5.41, 5.74) is 17.4. The number of carbonyl (C=O) groups is 2. The number of nitrogen functional groups attached to an aromatic ring is 1. The molecule has 3 aromatic rings. The number of nitrogens with one attached hydrogen (secondary N) is 1. The number of anilines is 2. The normalized spacial score (nSPS) is 22.2. The quantitative estimate of drug-likeness (QED) is 0.390. The Hall–Kier alpha value is -3.20. The van der Waals surface area contributed by atoms with Crippen molar-refractivity contribution in [2.24, 2.45) is 5.73 Å². The van der Waals surface area contributed by atoms with Gasteiger partial charge in [0, 0.05) is 33.7 Å². The average molecular weight is 492 g/mol. The number of fused-ring (bicyclic) bond motifs is 6. The van der Waals surface area contributed by atoms with Gasteiger partial charge in [-0.25, -0.2) is 0 Å². The molecule has 1 aliphatic heterocycles. The molecule has 1 aliphatic carbocycles. The summed E-state index contributed by atoms with van der Waals surface area (Å²) in [7, 11) is 0. The molecule has 1 spiro atoms. The molecule has 0 bridgehead atoms. The van der Waals surface area contributed by atoms with Crippen LogP contribution in [0.2, 0.25) is 0 Å². The first-order valence-corrected chi connectivity index (χ1v) is 12.5. The van der Waals surface area contributed by atoms with E-state index in [9.17, 15) is 9.59 Å². The lowest BCUT2D eigenvalue weighted by atomic mass is 9.62. The van der Waals surface area contributed by atoms with Gasteiger partial charge in [0.25, 0.3) is 0 Å². The number of amides is 1. The molecule has 5 rings (SSSR count). The fourth-order valence-electron chi connectivity index (χ4n) is 5.48.